The van der Waals surface area contributed by atoms with Crippen molar-refractivity contribution in [1.29, 1.82) is 0 Å². The molecule has 0 amide bonds. The third kappa shape index (κ3) is 6.64. The van der Waals surface area contributed by atoms with Crippen molar-refractivity contribution in [3.05, 3.63) is 36.4 Å². The van der Waals surface area contributed by atoms with Gasteiger partial charge in [0.25, 0.3) is 0 Å². The van der Waals surface area contributed by atoms with E-state index >= 15 is 0 Å². The number of phenolic OH excluding ortho intramolecular Hbond substituents is 1. The van der Waals surface area contributed by atoms with Gasteiger partial charge in [-0.1, -0.05) is 13.3 Å². The molecule has 7 nitrogen and oxygen atoms in total. The van der Waals surface area contributed by atoms with Gasteiger partial charge in [-0.05, 0) is 30.7 Å². The second-order valence-electron chi connectivity index (χ2n) is 4.49. The van der Waals surface area contributed by atoms with Crippen LogP contribution in [0.3, 0.4) is 0 Å². The first-order valence-electron chi connectivity index (χ1n) is 6.93. The number of hydrogen-bond acceptors (Lipinski definition) is 7. The van der Waals surface area contributed by atoms with E-state index in [0.717, 1.165) is 12.2 Å². The van der Waals surface area contributed by atoms with Crippen LogP contribution in [-0.4, -0.2) is 36.2 Å². The van der Waals surface area contributed by atoms with Gasteiger partial charge in [0.1, 0.15) is 11.5 Å². The van der Waals surface area contributed by atoms with Crippen LogP contribution in [0.25, 0.3) is 0 Å². The minimum Gasteiger partial charge on any atom is -0.508 e. The number of ether oxygens (including phenoxy) is 3. The molecule has 1 atom stereocenters. The molecule has 0 aliphatic heterocycles. The van der Waals surface area contributed by atoms with Crippen LogP contribution in [0.1, 0.15) is 19.8 Å². The van der Waals surface area contributed by atoms with Crippen molar-refractivity contribution in [3.8, 4) is 11.5 Å². The molecule has 1 aromatic rings. The lowest BCUT2D eigenvalue weighted by Crippen LogP contribution is -2.30. The minimum absolute atomic E-state index is 0.0364. The largest absolute Gasteiger partial charge is 0.508 e. The molecule has 1 N–H and O–H groups in total. The zero-order valence-electron chi connectivity index (χ0n) is 12.9. The Hall–Kier alpha value is -2.83. The normalized spacial score (nSPS) is 11.7. The number of phenols is 1. The van der Waals surface area contributed by atoms with Gasteiger partial charge < -0.3 is 19.3 Å². The summed E-state index contributed by atoms with van der Waals surface area (Å²) >= 11 is 0. The van der Waals surface area contributed by atoms with E-state index in [2.05, 4.69) is 4.74 Å². The fourth-order valence-corrected chi connectivity index (χ4v) is 1.57. The summed E-state index contributed by atoms with van der Waals surface area (Å²) in [6.07, 6.45) is 1.54. The van der Waals surface area contributed by atoms with Crippen LogP contribution in [0.4, 0.5) is 0 Å². The summed E-state index contributed by atoms with van der Waals surface area (Å²) < 4.78 is 14.4. The van der Waals surface area contributed by atoms with E-state index < -0.39 is 24.0 Å². The van der Waals surface area contributed by atoms with Gasteiger partial charge in [0, 0.05) is 12.2 Å². The molecule has 7 heteroatoms. The van der Waals surface area contributed by atoms with Crippen molar-refractivity contribution in [2.24, 2.45) is 0 Å². The van der Waals surface area contributed by atoms with Crippen molar-refractivity contribution in [1.82, 2.24) is 0 Å². The highest BCUT2D eigenvalue weighted by atomic mass is 16.6. The van der Waals surface area contributed by atoms with Crippen molar-refractivity contribution in [2.45, 2.75) is 25.9 Å². The van der Waals surface area contributed by atoms with Crippen molar-refractivity contribution < 1.29 is 33.7 Å². The van der Waals surface area contributed by atoms with Gasteiger partial charge in [-0.3, -0.25) is 0 Å². The van der Waals surface area contributed by atoms with Crippen LogP contribution in [0.2, 0.25) is 0 Å². The third-order valence-corrected chi connectivity index (χ3v) is 2.68. The molecule has 0 aromatic heterocycles. The van der Waals surface area contributed by atoms with Crippen LogP contribution in [0.15, 0.2) is 36.4 Å². The second kappa shape index (κ2) is 9.24. The number of esters is 3. The highest BCUT2D eigenvalue weighted by molar-refractivity contribution is 5.92. The quantitative estimate of drug-likeness (QED) is 0.463. The number of carbonyl (C=O) groups is 3. The Labute approximate surface area is 133 Å². The minimum atomic E-state index is -1.09. The maximum atomic E-state index is 12.0. The van der Waals surface area contributed by atoms with E-state index in [9.17, 15) is 19.5 Å². The first-order valence-corrected chi connectivity index (χ1v) is 6.93. The molecule has 0 bridgehead atoms. The van der Waals surface area contributed by atoms with Gasteiger partial charge in [-0.15, -0.1) is 0 Å². The Morgan fingerprint density at radius 2 is 1.74 bits per heavy atom. The van der Waals surface area contributed by atoms with Gasteiger partial charge in [-0.25, -0.2) is 14.4 Å². The van der Waals surface area contributed by atoms with Crippen LogP contribution in [0.5, 0.6) is 11.5 Å². The molecule has 0 saturated heterocycles. The first kappa shape index (κ1) is 18.2. The summed E-state index contributed by atoms with van der Waals surface area (Å²) in [7, 11) is 1.17. The predicted molar refractivity (Wildman–Crippen MR) is 79.7 cm³/mol. The molecule has 0 radical (unpaired) electrons. The van der Waals surface area contributed by atoms with E-state index in [1.54, 1.807) is 0 Å². The average Bonchev–Trinajstić information content (AvgIpc) is 2.54. The summed E-state index contributed by atoms with van der Waals surface area (Å²) in [4.78, 5) is 34.5. The lowest BCUT2D eigenvalue weighted by atomic mass is 10.2. The van der Waals surface area contributed by atoms with E-state index in [-0.39, 0.29) is 17.9 Å². The molecule has 0 spiro atoms. The SMILES string of the molecule is CCCC(OC(=O)C=CC(=O)OC)C(=O)Oc1ccc(O)cc1. The molecule has 0 fully saturated rings. The lowest BCUT2D eigenvalue weighted by molar-refractivity contribution is -0.159. The van der Waals surface area contributed by atoms with Crippen LogP contribution < -0.4 is 4.74 Å². The lowest BCUT2D eigenvalue weighted by Gasteiger charge is -2.15. The highest BCUT2D eigenvalue weighted by Crippen LogP contribution is 2.17. The van der Waals surface area contributed by atoms with Gasteiger partial charge in [0.05, 0.1) is 7.11 Å². The number of carbonyl (C=O) groups excluding carboxylic acids is 3. The smallest absolute Gasteiger partial charge is 0.352 e. The van der Waals surface area contributed by atoms with Gasteiger partial charge in [0.2, 0.25) is 0 Å². The molecular formula is C16H18O7. The van der Waals surface area contributed by atoms with Crippen molar-refractivity contribution >= 4 is 17.9 Å². The maximum absolute atomic E-state index is 12.0. The van der Waals surface area contributed by atoms with Gasteiger partial charge in [0.15, 0.2) is 6.10 Å². The number of hydrogen-bond donors (Lipinski definition) is 1. The summed E-state index contributed by atoms with van der Waals surface area (Å²) in [6, 6.07) is 5.55. The van der Waals surface area contributed by atoms with Crippen LogP contribution in [0, 0.1) is 0 Å². The molecule has 124 valence electrons. The summed E-state index contributed by atoms with van der Waals surface area (Å²) in [5.41, 5.74) is 0. The average molecular weight is 322 g/mol. The second-order valence-corrected chi connectivity index (χ2v) is 4.49. The van der Waals surface area contributed by atoms with Gasteiger partial charge in [-0.2, -0.15) is 0 Å². The Morgan fingerprint density at radius 1 is 1.13 bits per heavy atom. The number of rotatable bonds is 7. The molecule has 23 heavy (non-hydrogen) atoms. The number of aromatic hydroxyl groups is 1. The molecular weight excluding hydrogens is 304 g/mol. The first-order chi connectivity index (χ1) is 11.0. The maximum Gasteiger partial charge on any atom is 0.352 e. The van der Waals surface area contributed by atoms with Crippen molar-refractivity contribution in [3.63, 3.8) is 0 Å². The molecule has 0 aliphatic rings. The zero-order chi connectivity index (χ0) is 17.2. The summed E-state index contributed by atoms with van der Waals surface area (Å²) in [5.74, 6) is -2.04. The molecule has 0 heterocycles. The molecule has 1 aromatic carbocycles. The highest BCUT2D eigenvalue weighted by Gasteiger charge is 2.23. The Kier molecular flexibility index (Phi) is 7.32. The molecule has 0 aliphatic carbocycles. The standard InChI is InChI=1S/C16H18O7/c1-3-4-13(23-15(19)10-9-14(18)21-2)16(20)22-12-7-5-11(17)6-8-12/h5-10,13,17H,3-4H2,1-2H3. The molecule has 1 rings (SSSR count). The number of methoxy groups -OCH3 is 1. The van der Waals surface area contributed by atoms with E-state index in [1.165, 1.54) is 31.4 Å². The monoisotopic (exact) mass is 322 g/mol. The summed E-state index contributed by atoms with van der Waals surface area (Å²) in [6.45, 7) is 1.82. The van der Waals surface area contributed by atoms with E-state index in [4.69, 9.17) is 9.47 Å². The number of benzene rings is 1. The molecule has 0 saturated carbocycles. The third-order valence-electron chi connectivity index (χ3n) is 2.68. The Morgan fingerprint density at radius 3 is 2.30 bits per heavy atom. The summed E-state index contributed by atoms with van der Waals surface area (Å²) in [5, 5.41) is 9.17. The Bertz CT molecular complexity index is 575. The van der Waals surface area contributed by atoms with Gasteiger partial charge >= 0.3 is 17.9 Å². The van der Waals surface area contributed by atoms with Crippen molar-refractivity contribution in [2.75, 3.05) is 7.11 Å². The predicted octanol–water partition coefficient (Wildman–Crippen LogP) is 1.74. The van der Waals surface area contributed by atoms with Crippen LogP contribution in [-0.2, 0) is 23.9 Å². The Balaban J connectivity index is 2.67. The molecule has 1 unspecified atom stereocenters. The fraction of sp³-hybridized carbons (Fsp3) is 0.312. The van der Waals surface area contributed by atoms with Crippen LogP contribution >= 0.6 is 0 Å². The topological polar surface area (TPSA) is 99.1 Å². The van der Waals surface area contributed by atoms with E-state index in [0.29, 0.717) is 6.42 Å². The zero-order valence-corrected chi connectivity index (χ0v) is 12.9. The fourth-order valence-electron chi connectivity index (χ4n) is 1.57. The van der Waals surface area contributed by atoms with E-state index in [1.807, 2.05) is 6.92 Å².